The largest absolute Gasteiger partial charge is 0.448 e. The summed E-state index contributed by atoms with van der Waals surface area (Å²) in [6.45, 7) is 0. The molecule has 2 aromatic heterocycles. The first-order chi connectivity index (χ1) is 16.0. The van der Waals surface area contributed by atoms with E-state index in [1.807, 2.05) is 35.7 Å². The molecule has 1 aliphatic rings. The molecule has 0 radical (unpaired) electrons. The number of amidine groups is 1. The number of nitrogens with zero attached hydrogens (tertiary/aromatic N) is 3. The van der Waals surface area contributed by atoms with Crippen LogP contribution >= 0.6 is 11.3 Å². The van der Waals surface area contributed by atoms with Gasteiger partial charge in [0.2, 0.25) is 5.89 Å². The summed E-state index contributed by atoms with van der Waals surface area (Å²) in [7, 11) is -4.03. The number of Topliss-reactive ketones (excluding diaryl/α,β-unsaturated/α-hetero) is 1. The van der Waals surface area contributed by atoms with Crippen molar-refractivity contribution in [1.82, 2.24) is 9.97 Å². The van der Waals surface area contributed by atoms with Gasteiger partial charge in [0.1, 0.15) is 16.2 Å². The second kappa shape index (κ2) is 8.72. The van der Waals surface area contributed by atoms with Crippen LogP contribution in [0.4, 0.5) is 5.69 Å². The van der Waals surface area contributed by atoms with Crippen molar-refractivity contribution in [2.24, 2.45) is 4.40 Å². The first-order valence-corrected chi connectivity index (χ1v) is 12.5. The Bertz CT molecular complexity index is 1410. The molecule has 0 spiro atoms. The van der Waals surface area contributed by atoms with E-state index in [0.717, 1.165) is 5.56 Å². The van der Waals surface area contributed by atoms with Gasteiger partial charge in [-0.3, -0.25) is 4.79 Å². The van der Waals surface area contributed by atoms with Crippen molar-refractivity contribution in [2.75, 3.05) is 5.32 Å². The van der Waals surface area contributed by atoms with Crippen LogP contribution < -0.4 is 5.32 Å². The van der Waals surface area contributed by atoms with Crippen LogP contribution in [-0.4, -0.2) is 30.0 Å². The third-order valence-corrected chi connectivity index (χ3v) is 7.42. The molecule has 33 heavy (non-hydrogen) atoms. The number of anilines is 1. The van der Waals surface area contributed by atoms with Crippen molar-refractivity contribution in [3.05, 3.63) is 84.0 Å². The molecule has 4 aromatic rings. The van der Waals surface area contributed by atoms with Crippen LogP contribution in [0.25, 0.3) is 10.6 Å². The lowest BCUT2D eigenvalue weighted by Gasteiger charge is -2.19. The van der Waals surface area contributed by atoms with Crippen molar-refractivity contribution in [3.8, 4) is 10.6 Å². The molecule has 5 rings (SSSR count). The maximum absolute atomic E-state index is 12.9. The second-order valence-electron chi connectivity index (χ2n) is 7.38. The number of aromatic nitrogens is 2. The van der Waals surface area contributed by atoms with Crippen molar-refractivity contribution in [1.29, 1.82) is 0 Å². The number of ketones is 1. The van der Waals surface area contributed by atoms with E-state index in [4.69, 9.17) is 4.42 Å². The highest BCUT2D eigenvalue weighted by Gasteiger charge is 2.29. The summed E-state index contributed by atoms with van der Waals surface area (Å²) in [5.41, 5.74) is 1.95. The van der Waals surface area contributed by atoms with E-state index < -0.39 is 15.8 Å². The number of oxazole rings is 1. The Morgan fingerprint density at radius 1 is 1.09 bits per heavy atom. The fourth-order valence-electron chi connectivity index (χ4n) is 3.70. The summed E-state index contributed by atoms with van der Waals surface area (Å²) < 4.78 is 34.9. The van der Waals surface area contributed by atoms with Crippen molar-refractivity contribution < 1.29 is 17.6 Å². The number of hydrogen-bond donors (Lipinski definition) is 1. The normalized spacial score (nSPS) is 15.2. The summed E-state index contributed by atoms with van der Waals surface area (Å²) in [5.74, 6) is -0.330. The predicted molar refractivity (Wildman–Crippen MR) is 125 cm³/mol. The average molecular weight is 479 g/mol. The fourth-order valence-corrected chi connectivity index (χ4v) is 5.49. The number of hydrogen-bond acceptors (Lipinski definition) is 8. The fraction of sp³-hybridized carbons (Fsp3) is 0.130. The zero-order chi connectivity index (χ0) is 22.8. The van der Waals surface area contributed by atoms with Crippen molar-refractivity contribution in [2.45, 2.75) is 23.7 Å². The highest BCUT2D eigenvalue weighted by atomic mass is 32.2. The monoisotopic (exact) mass is 478 g/mol. The third-order valence-electron chi connectivity index (χ3n) is 5.28. The Morgan fingerprint density at radius 3 is 2.67 bits per heavy atom. The Balaban J connectivity index is 1.37. The number of fused-ring (bicyclic) bond motifs is 1. The lowest BCUT2D eigenvalue weighted by atomic mass is 9.93. The SMILES string of the molecule is O=C(CCC(c1ccccc1)c1ncco1)C1=NS(=O)(=O)c2cc(-c3nccs3)ccc2N1. The summed E-state index contributed by atoms with van der Waals surface area (Å²) >= 11 is 1.41. The molecule has 0 fully saturated rings. The minimum atomic E-state index is -4.03. The van der Waals surface area contributed by atoms with Gasteiger partial charge in [-0.1, -0.05) is 30.3 Å². The molecule has 0 bridgehead atoms. The molecule has 8 nitrogen and oxygen atoms in total. The van der Waals surface area contributed by atoms with Gasteiger partial charge in [-0.2, -0.15) is 8.42 Å². The molecule has 10 heteroatoms. The van der Waals surface area contributed by atoms with E-state index in [1.54, 1.807) is 24.5 Å². The lowest BCUT2D eigenvalue weighted by Crippen LogP contribution is -2.29. The predicted octanol–water partition coefficient (Wildman–Crippen LogP) is 4.49. The standard InChI is InChI=1S/C23H18N4O4S2/c28-19(9-7-17(22-24-10-12-31-22)15-4-2-1-3-5-15)21-26-18-8-6-16(23-25-11-13-32-23)14-20(18)33(29,30)27-21/h1-6,8,10-14,17H,7,9H2,(H,26,27). The summed E-state index contributed by atoms with van der Waals surface area (Å²) in [6, 6.07) is 14.5. The first-order valence-electron chi connectivity index (χ1n) is 10.1. The lowest BCUT2D eigenvalue weighted by molar-refractivity contribution is -0.113. The van der Waals surface area contributed by atoms with E-state index in [0.29, 0.717) is 28.6 Å². The van der Waals surface area contributed by atoms with Crippen LogP contribution in [0, 0.1) is 0 Å². The van der Waals surface area contributed by atoms with Crippen LogP contribution in [0.15, 0.2) is 86.3 Å². The quantitative estimate of drug-likeness (QED) is 0.416. The second-order valence-corrected chi connectivity index (χ2v) is 9.85. The van der Waals surface area contributed by atoms with Gasteiger partial charge in [0.15, 0.2) is 11.6 Å². The minimum absolute atomic E-state index is 0.0219. The van der Waals surface area contributed by atoms with Gasteiger partial charge in [0, 0.05) is 23.6 Å². The maximum Gasteiger partial charge on any atom is 0.286 e. The number of carbonyl (C=O) groups excluding carboxylic acids is 1. The van der Waals surface area contributed by atoms with E-state index >= 15 is 0 Å². The van der Waals surface area contributed by atoms with Gasteiger partial charge in [0.25, 0.3) is 10.0 Å². The molecule has 1 unspecified atom stereocenters. The Labute approximate surface area is 194 Å². The molecular formula is C23H18N4O4S2. The minimum Gasteiger partial charge on any atom is -0.448 e. The van der Waals surface area contributed by atoms with Gasteiger partial charge in [-0.15, -0.1) is 15.7 Å². The number of benzene rings is 2. The Morgan fingerprint density at radius 2 is 1.94 bits per heavy atom. The van der Waals surface area contributed by atoms with E-state index in [9.17, 15) is 13.2 Å². The third kappa shape index (κ3) is 4.35. The molecule has 0 aliphatic carbocycles. The van der Waals surface area contributed by atoms with Gasteiger partial charge in [-0.05, 0) is 30.2 Å². The van der Waals surface area contributed by atoms with Crippen LogP contribution in [0.3, 0.4) is 0 Å². The molecular weight excluding hydrogens is 460 g/mol. The van der Waals surface area contributed by atoms with E-state index in [-0.39, 0.29) is 23.1 Å². The average Bonchev–Trinajstić information content (AvgIpc) is 3.54. The molecule has 1 N–H and O–H groups in total. The van der Waals surface area contributed by atoms with Gasteiger partial charge in [-0.25, -0.2) is 9.97 Å². The van der Waals surface area contributed by atoms with E-state index in [1.165, 1.54) is 23.7 Å². The molecule has 0 saturated heterocycles. The Kier molecular flexibility index (Phi) is 5.61. The highest BCUT2D eigenvalue weighted by Crippen LogP contribution is 2.33. The molecule has 166 valence electrons. The summed E-state index contributed by atoms with van der Waals surface area (Å²) in [6.07, 6.45) is 5.16. The topological polar surface area (TPSA) is 115 Å². The summed E-state index contributed by atoms with van der Waals surface area (Å²) in [4.78, 5) is 21.4. The van der Waals surface area contributed by atoms with E-state index in [2.05, 4.69) is 19.7 Å². The Hall–Kier alpha value is -3.63. The molecule has 1 aliphatic heterocycles. The maximum atomic E-state index is 12.9. The number of sulfonamides is 1. The van der Waals surface area contributed by atoms with Crippen LogP contribution in [0.5, 0.6) is 0 Å². The van der Waals surface area contributed by atoms with Gasteiger partial charge >= 0.3 is 0 Å². The van der Waals surface area contributed by atoms with Crippen LogP contribution in [0.2, 0.25) is 0 Å². The molecule has 3 heterocycles. The zero-order valence-electron chi connectivity index (χ0n) is 17.2. The number of nitrogens with one attached hydrogen (secondary N) is 1. The zero-order valence-corrected chi connectivity index (χ0v) is 18.8. The molecule has 0 amide bonds. The highest BCUT2D eigenvalue weighted by molar-refractivity contribution is 7.90. The number of carbonyl (C=O) groups is 1. The van der Waals surface area contributed by atoms with Crippen molar-refractivity contribution in [3.63, 3.8) is 0 Å². The van der Waals surface area contributed by atoms with Gasteiger partial charge < -0.3 is 9.73 Å². The van der Waals surface area contributed by atoms with Crippen LogP contribution in [-0.2, 0) is 14.8 Å². The molecule has 2 aromatic carbocycles. The molecule has 0 saturated carbocycles. The summed E-state index contributed by atoms with van der Waals surface area (Å²) in [5, 5.41) is 5.41. The van der Waals surface area contributed by atoms with Gasteiger partial charge in [0.05, 0.1) is 17.8 Å². The smallest absolute Gasteiger partial charge is 0.286 e. The number of rotatable bonds is 7. The van der Waals surface area contributed by atoms with Crippen molar-refractivity contribution >= 4 is 38.7 Å². The van der Waals surface area contributed by atoms with Crippen LogP contribution in [0.1, 0.15) is 30.2 Å². The number of thiazole rings is 1. The molecule has 1 atom stereocenters. The first kappa shape index (κ1) is 21.2.